The molecule has 454 valence electrons. The average molecular weight is 1200 g/mol. The standard InChI is InChI=1S/C59H76FN9O13S2/c1-36(2)54(51-26-38(4)65-82-51)59(74)68-31-46(84(60,75)76)28-50(68)57(72)64-47(41-9-11-42(12-10-41)55-39(5)62-35-83-55)29-52(70)61-17-20-79-21-22-80-23-24-81-34-53(71)67-18-15-40(16-19-67)43-13-14-49-48(27-43)63-56(69(49)45(32-77-7)33-78-8)44-25-37(3)58(73)66(6)30-44/h9-14,25-27,30,35-36,40,45-47,50,54H,15-24,28-29,31-34H2,1-8H3,(H,61,70)(H,64,72)/t46-,47+,50+,54-/m1/s1. The topological polar surface area (TPSA) is 258 Å². The molecule has 8 rings (SSSR count). The lowest BCUT2D eigenvalue weighted by Crippen LogP contribution is -2.49. The molecule has 4 amide bonds. The Kier molecular flexibility index (Phi) is 21.8. The zero-order valence-electron chi connectivity index (χ0n) is 48.8. The first kappa shape index (κ1) is 63.3. The van der Waals surface area contributed by atoms with E-state index in [9.17, 15) is 36.3 Å². The maximum Gasteiger partial charge on any atom is 0.307 e. The number of fused-ring (bicyclic) bond motifs is 1. The number of aryl methyl sites for hydroxylation is 4. The first-order valence-corrected chi connectivity index (χ1v) is 30.5. The van der Waals surface area contributed by atoms with Gasteiger partial charge in [-0.1, -0.05) is 49.3 Å². The second-order valence-electron chi connectivity index (χ2n) is 21.8. The van der Waals surface area contributed by atoms with E-state index in [1.807, 2.05) is 30.0 Å². The average Bonchev–Trinajstić information content (AvgIpc) is 3.01. The molecule has 2 fully saturated rings. The third-order valence-electron chi connectivity index (χ3n) is 15.4. The molecule has 0 bridgehead atoms. The number of rotatable bonds is 28. The van der Waals surface area contributed by atoms with Crippen LogP contribution >= 0.6 is 11.3 Å². The Morgan fingerprint density at radius 2 is 1.58 bits per heavy atom. The largest absolute Gasteiger partial charge is 0.382 e. The van der Waals surface area contributed by atoms with Gasteiger partial charge in [-0.2, -0.15) is 8.42 Å². The van der Waals surface area contributed by atoms with Crippen molar-refractivity contribution in [3.63, 3.8) is 0 Å². The van der Waals surface area contributed by atoms with Crippen molar-refractivity contribution >= 4 is 56.2 Å². The van der Waals surface area contributed by atoms with Crippen molar-refractivity contribution in [3.8, 4) is 21.8 Å². The van der Waals surface area contributed by atoms with Crippen molar-refractivity contribution in [1.29, 1.82) is 0 Å². The van der Waals surface area contributed by atoms with Crippen molar-refractivity contribution in [1.82, 2.24) is 44.7 Å². The maximum atomic E-state index is 14.6. The highest BCUT2D eigenvalue weighted by Crippen LogP contribution is 2.37. The number of amides is 4. The number of likely N-dealkylation sites (tertiary alicyclic amines) is 2. The molecule has 0 saturated carbocycles. The van der Waals surface area contributed by atoms with Crippen LogP contribution in [0.15, 0.2) is 75.6 Å². The molecule has 4 aromatic heterocycles. The van der Waals surface area contributed by atoms with E-state index in [-0.39, 0.29) is 87.7 Å². The van der Waals surface area contributed by atoms with E-state index < -0.39 is 64.2 Å². The fourth-order valence-corrected chi connectivity index (χ4v) is 12.7. The molecule has 84 heavy (non-hydrogen) atoms. The molecule has 22 nitrogen and oxygen atoms in total. The Bertz CT molecular complexity index is 3380. The van der Waals surface area contributed by atoms with Crippen LogP contribution in [0.1, 0.15) is 97.3 Å². The minimum atomic E-state index is -5.15. The maximum absolute atomic E-state index is 14.6. The number of halogens is 1. The molecule has 0 spiro atoms. The summed E-state index contributed by atoms with van der Waals surface area (Å²) < 4.78 is 76.5. The van der Waals surface area contributed by atoms with Crippen LogP contribution in [0.4, 0.5) is 3.89 Å². The molecule has 0 aliphatic carbocycles. The van der Waals surface area contributed by atoms with Gasteiger partial charge in [0.1, 0.15) is 35.4 Å². The number of benzene rings is 2. The Morgan fingerprint density at radius 1 is 0.893 bits per heavy atom. The normalized spacial score (nSPS) is 16.7. The minimum Gasteiger partial charge on any atom is -0.382 e. The van der Waals surface area contributed by atoms with Gasteiger partial charge in [0.05, 0.1) is 97.6 Å². The van der Waals surface area contributed by atoms with E-state index in [0.717, 1.165) is 61.9 Å². The predicted octanol–water partition coefficient (Wildman–Crippen LogP) is 6.10. The lowest BCUT2D eigenvalue weighted by atomic mass is 9.89. The molecule has 4 atom stereocenters. The highest BCUT2D eigenvalue weighted by atomic mass is 32.3. The summed E-state index contributed by atoms with van der Waals surface area (Å²) in [5.74, 6) is -1.97. The molecule has 6 aromatic rings. The summed E-state index contributed by atoms with van der Waals surface area (Å²) in [6, 6.07) is 14.6. The number of methoxy groups -OCH3 is 2. The number of nitrogens with zero attached hydrogens (tertiary/aromatic N) is 7. The van der Waals surface area contributed by atoms with Crippen LogP contribution in [0.3, 0.4) is 0 Å². The van der Waals surface area contributed by atoms with E-state index >= 15 is 0 Å². The summed E-state index contributed by atoms with van der Waals surface area (Å²) in [4.78, 5) is 81.0. The van der Waals surface area contributed by atoms with Crippen molar-refractivity contribution in [2.75, 3.05) is 93.3 Å². The Hall–Kier alpha value is -6.74. The quantitative estimate of drug-likeness (QED) is 0.0415. The van der Waals surface area contributed by atoms with Gasteiger partial charge >= 0.3 is 10.2 Å². The highest BCUT2D eigenvalue weighted by Gasteiger charge is 2.48. The molecule has 0 unspecified atom stereocenters. The second kappa shape index (κ2) is 28.9. The van der Waals surface area contributed by atoms with Gasteiger partial charge < -0.3 is 57.8 Å². The fourth-order valence-electron chi connectivity index (χ4n) is 11.1. The van der Waals surface area contributed by atoms with E-state index in [4.69, 9.17) is 33.2 Å². The minimum absolute atomic E-state index is 0.0667. The number of aromatic nitrogens is 5. The van der Waals surface area contributed by atoms with Crippen LogP contribution in [-0.2, 0) is 60.1 Å². The van der Waals surface area contributed by atoms with Gasteiger partial charge in [0, 0.05) is 70.8 Å². The molecular weight excluding hydrogens is 1130 g/mol. The van der Waals surface area contributed by atoms with Crippen molar-refractivity contribution in [2.45, 2.75) is 95.5 Å². The smallest absolute Gasteiger partial charge is 0.307 e. The third kappa shape index (κ3) is 15.6. The van der Waals surface area contributed by atoms with Gasteiger partial charge in [-0.05, 0) is 86.8 Å². The van der Waals surface area contributed by atoms with Gasteiger partial charge in [-0.3, -0.25) is 24.0 Å². The van der Waals surface area contributed by atoms with Gasteiger partial charge in [-0.15, -0.1) is 15.2 Å². The summed E-state index contributed by atoms with van der Waals surface area (Å²) >= 11 is 1.47. The first-order chi connectivity index (χ1) is 40.3. The van der Waals surface area contributed by atoms with Crippen molar-refractivity contribution < 1.29 is 59.7 Å². The van der Waals surface area contributed by atoms with Crippen molar-refractivity contribution in [3.05, 3.63) is 110 Å². The monoisotopic (exact) mass is 1200 g/mol. The molecular formula is C59H76FN9O13S2. The Balaban J connectivity index is 0.769. The lowest BCUT2D eigenvalue weighted by Gasteiger charge is -2.32. The van der Waals surface area contributed by atoms with Crippen LogP contribution in [0, 0.1) is 26.7 Å². The van der Waals surface area contributed by atoms with E-state index in [0.29, 0.717) is 43.1 Å². The molecule has 25 heteroatoms. The van der Waals surface area contributed by atoms with Gasteiger partial charge in [0.15, 0.2) is 0 Å². The van der Waals surface area contributed by atoms with E-state index in [1.54, 1.807) is 83.4 Å². The number of thiazole rings is 1. The summed E-state index contributed by atoms with van der Waals surface area (Å²) in [5.41, 5.74) is 8.82. The Morgan fingerprint density at radius 3 is 2.20 bits per heavy atom. The number of piperidine rings is 1. The molecule has 2 N–H and O–H groups in total. The van der Waals surface area contributed by atoms with Crippen LogP contribution in [0.25, 0.3) is 32.9 Å². The van der Waals surface area contributed by atoms with Gasteiger partial charge in [-0.25, -0.2) is 9.97 Å². The molecule has 2 aromatic carbocycles. The number of nitrogens with one attached hydrogen (secondary N) is 2. The summed E-state index contributed by atoms with van der Waals surface area (Å²) in [7, 11) is -0.103. The summed E-state index contributed by atoms with van der Waals surface area (Å²) in [5, 5.41) is 7.96. The highest BCUT2D eigenvalue weighted by molar-refractivity contribution is 7.87. The third-order valence-corrected chi connectivity index (χ3v) is 17.5. The van der Waals surface area contributed by atoms with Crippen LogP contribution in [-0.4, -0.2) is 171 Å². The number of hydrogen-bond donors (Lipinski definition) is 2. The van der Waals surface area contributed by atoms with Crippen molar-refractivity contribution in [2.24, 2.45) is 13.0 Å². The number of hydrogen-bond acceptors (Lipinski definition) is 17. The zero-order valence-corrected chi connectivity index (χ0v) is 50.5. The first-order valence-electron chi connectivity index (χ1n) is 28.2. The number of imidazole rings is 1. The second-order valence-corrected chi connectivity index (χ2v) is 24.3. The molecule has 0 radical (unpaired) electrons. The number of ether oxygens (including phenoxy) is 5. The van der Waals surface area contributed by atoms with Crippen LogP contribution in [0.5, 0.6) is 0 Å². The van der Waals surface area contributed by atoms with Gasteiger partial charge in [0.25, 0.3) is 5.56 Å². The number of pyridine rings is 1. The van der Waals surface area contributed by atoms with Crippen LogP contribution < -0.4 is 16.2 Å². The number of carbonyl (C=O) groups excluding carboxylic acids is 4. The SMILES string of the molecule is COCC(COC)n1c(-c2cc(C)c(=O)n(C)c2)nc2cc(C3CCN(C(=O)COCCOCCOCCNC(=O)C[C@H](NC(=O)[C@@H]4C[C@@H](S(=O)(=O)F)CN4C(=O)[C@@H](c4cc(C)no4)C(C)C)c4ccc(-c5scnc5C)cc4)CC3)ccc21. The molecule has 2 saturated heterocycles. The fraction of sp³-hybridized carbons (Fsp3) is 0.525. The predicted molar refractivity (Wildman–Crippen MR) is 312 cm³/mol. The van der Waals surface area contributed by atoms with E-state index in [1.165, 1.54) is 11.3 Å². The molecule has 6 heterocycles. The van der Waals surface area contributed by atoms with E-state index in [2.05, 4.69) is 43.5 Å². The van der Waals surface area contributed by atoms with Gasteiger partial charge in [0.2, 0.25) is 23.6 Å². The summed E-state index contributed by atoms with van der Waals surface area (Å²) in [6.45, 7) is 11.5. The Labute approximate surface area is 492 Å². The summed E-state index contributed by atoms with van der Waals surface area (Å²) in [6.07, 6.45) is 2.66. The zero-order chi connectivity index (χ0) is 60.2. The molecule has 2 aliphatic heterocycles. The number of carbonyl (C=O) groups is 4. The molecule has 2 aliphatic rings. The lowest BCUT2D eigenvalue weighted by molar-refractivity contribution is -0.141. The van der Waals surface area contributed by atoms with Crippen LogP contribution in [0.2, 0.25) is 0 Å².